The van der Waals surface area contributed by atoms with Crippen LogP contribution in [0, 0.1) is 10.1 Å². The average molecular weight is 353 g/mol. The lowest BCUT2D eigenvalue weighted by molar-refractivity contribution is -0.384. The molecule has 0 spiro atoms. The zero-order chi connectivity index (χ0) is 16.7. The highest BCUT2D eigenvalue weighted by Crippen LogP contribution is 2.21. The minimum absolute atomic E-state index is 0.0690. The van der Waals surface area contributed by atoms with Gasteiger partial charge in [-0.25, -0.2) is 0 Å². The fourth-order valence-corrected chi connectivity index (χ4v) is 2.86. The molecule has 0 radical (unpaired) electrons. The Bertz CT molecular complexity index is 635. The van der Waals surface area contributed by atoms with Crippen molar-refractivity contribution in [2.24, 2.45) is 0 Å². The highest BCUT2D eigenvalue weighted by atomic mass is 35.5. The number of rotatable bonds is 8. The predicted octanol–water partition coefficient (Wildman–Crippen LogP) is 3.49. The Hall–Kier alpha value is -1.60. The van der Waals surface area contributed by atoms with Crippen molar-refractivity contribution < 1.29 is 10.0 Å². The number of nitro benzene ring substituents is 1. The lowest BCUT2D eigenvalue weighted by atomic mass is 10.2. The van der Waals surface area contributed by atoms with Crippen molar-refractivity contribution in [2.75, 3.05) is 12.3 Å². The number of hydrogen-bond acceptors (Lipinski definition) is 5. The van der Waals surface area contributed by atoms with E-state index in [1.807, 2.05) is 24.3 Å². The number of aliphatic hydroxyl groups is 1. The quantitative estimate of drug-likeness (QED) is 0.432. The first-order chi connectivity index (χ1) is 11.0. The molecule has 0 bridgehead atoms. The molecule has 0 aliphatic carbocycles. The van der Waals surface area contributed by atoms with Crippen LogP contribution in [0.4, 0.5) is 5.69 Å². The number of nitrogens with one attached hydrogen (secondary N) is 1. The van der Waals surface area contributed by atoms with Crippen LogP contribution in [0.5, 0.6) is 0 Å². The van der Waals surface area contributed by atoms with Crippen molar-refractivity contribution in [3.63, 3.8) is 0 Å². The third-order valence-electron chi connectivity index (χ3n) is 3.11. The van der Waals surface area contributed by atoms with Crippen LogP contribution in [0.3, 0.4) is 0 Å². The molecule has 0 amide bonds. The van der Waals surface area contributed by atoms with Gasteiger partial charge in [-0.3, -0.25) is 10.1 Å². The van der Waals surface area contributed by atoms with E-state index in [1.165, 1.54) is 23.9 Å². The molecule has 0 aromatic heterocycles. The summed E-state index contributed by atoms with van der Waals surface area (Å²) < 4.78 is 0. The van der Waals surface area contributed by atoms with Crippen molar-refractivity contribution in [3.05, 3.63) is 69.2 Å². The Morgan fingerprint density at radius 3 is 2.43 bits per heavy atom. The molecule has 0 saturated carbocycles. The maximum Gasteiger partial charge on any atom is 0.269 e. The SMILES string of the molecule is O=[N+]([O-])c1ccc(SC[C@@H](O)CNCc2ccc(Cl)cc2)cc1. The fraction of sp³-hybridized carbons (Fsp3) is 0.250. The summed E-state index contributed by atoms with van der Waals surface area (Å²) in [5.74, 6) is 0.519. The Balaban J connectivity index is 1.69. The summed E-state index contributed by atoms with van der Waals surface area (Å²) in [4.78, 5) is 11.0. The van der Waals surface area contributed by atoms with Crippen LogP contribution in [-0.2, 0) is 6.54 Å². The van der Waals surface area contributed by atoms with Gasteiger partial charge >= 0.3 is 0 Å². The number of hydrogen-bond donors (Lipinski definition) is 2. The Labute approximate surface area is 143 Å². The Morgan fingerprint density at radius 1 is 1.17 bits per heavy atom. The van der Waals surface area contributed by atoms with Crippen molar-refractivity contribution >= 4 is 29.1 Å². The summed E-state index contributed by atoms with van der Waals surface area (Å²) >= 11 is 7.29. The first kappa shape index (κ1) is 17.7. The summed E-state index contributed by atoms with van der Waals surface area (Å²) in [5.41, 5.74) is 1.17. The standard InChI is InChI=1S/C16H17ClN2O3S/c17-13-3-1-12(2-4-13)9-18-10-15(20)11-23-16-7-5-14(6-8-16)19(21)22/h1-8,15,18,20H,9-11H2/t15-/m0/s1. The second-order valence-electron chi connectivity index (χ2n) is 4.97. The highest BCUT2D eigenvalue weighted by molar-refractivity contribution is 7.99. The van der Waals surface area contributed by atoms with E-state index in [0.29, 0.717) is 23.9 Å². The average Bonchev–Trinajstić information content (AvgIpc) is 2.55. The summed E-state index contributed by atoms with van der Waals surface area (Å²) in [6.45, 7) is 1.14. The first-order valence-electron chi connectivity index (χ1n) is 7.05. The maximum absolute atomic E-state index is 10.6. The van der Waals surface area contributed by atoms with Gasteiger partial charge in [-0.1, -0.05) is 23.7 Å². The number of aliphatic hydroxyl groups excluding tert-OH is 1. The van der Waals surface area contributed by atoms with Crippen LogP contribution < -0.4 is 5.32 Å². The number of thioether (sulfide) groups is 1. The van der Waals surface area contributed by atoms with Crippen molar-refractivity contribution in [3.8, 4) is 0 Å². The molecule has 0 aliphatic rings. The van der Waals surface area contributed by atoms with Gasteiger partial charge in [-0.2, -0.15) is 0 Å². The smallest absolute Gasteiger partial charge is 0.269 e. The Kier molecular flexibility index (Phi) is 6.85. The van der Waals surface area contributed by atoms with Gasteiger partial charge in [0.05, 0.1) is 11.0 Å². The molecule has 2 aromatic rings. The van der Waals surface area contributed by atoms with Crippen LogP contribution >= 0.6 is 23.4 Å². The van der Waals surface area contributed by atoms with E-state index in [-0.39, 0.29) is 5.69 Å². The van der Waals surface area contributed by atoms with Crippen LogP contribution in [0.1, 0.15) is 5.56 Å². The summed E-state index contributed by atoms with van der Waals surface area (Å²) in [6, 6.07) is 13.9. The van der Waals surface area contributed by atoms with Gasteiger partial charge in [0.15, 0.2) is 0 Å². The molecule has 2 N–H and O–H groups in total. The van der Waals surface area contributed by atoms with E-state index in [4.69, 9.17) is 11.6 Å². The van der Waals surface area contributed by atoms with E-state index < -0.39 is 11.0 Å². The monoisotopic (exact) mass is 352 g/mol. The summed E-state index contributed by atoms with van der Waals surface area (Å²) in [7, 11) is 0. The second-order valence-corrected chi connectivity index (χ2v) is 6.50. The molecule has 122 valence electrons. The molecule has 1 atom stereocenters. The molecule has 5 nitrogen and oxygen atoms in total. The molecule has 7 heteroatoms. The van der Waals surface area contributed by atoms with Gasteiger partial charge in [0.25, 0.3) is 5.69 Å². The number of nitrogens with zero attached hydrogens (tertiary/aromatic N) is 1. The lowest BCUT2D eigenvalue weighted by Crippen LogP contribution is -2.28. The number of halogens is 1. The number of nitro groups is 1. The van der Waals surface area contributed by atoms with E-state index in [9.17, 15) is 15.2 Å². The van der Waals surface area contributed by atoms with Gasteiger partial charge in [0.1, 0.15) is 0 Å². The second kappa shape index (κ2) is 8.88. The lowest BCUT2D eigenvalue weighted by Gasteiger charge is -2.11. The van der Waals surface area contributed by atoms with Gasteiger partial charge in [-0.05, 0) is 29.8 Å². The number of benzene rings is 2. The minimum Gasteiger partial charge on any atom is -0.391 e. The van der Waals surface area contributed by atoms with Crippen LogP contribution in [0.2, 0.25) is 5.02 Å². The van der Waals surface area contributed by atoms with Crippen LogP contribution in [0.25, 0.3) is 0 Å². The largest absolute Gasteiger partial charge is 0.391 e. The van der Waals surface area contributed by atoms with Crippen LogP contribution in [-0.4, -0.2) is 28.4 Å². The Morgan fingerprint density at radius 2 is 1.83 bits per heavy atom. The number of non-ortho nitro benzene ring substituents is 1. The van der Waals surface area contributed by atoms with Gasteiger partial charge in [0.2, 0.25) is 0 Å². The van der Waals surface area contributed by atoms with Crippen LogP contribution in [0.15, 0.2) is 53.4 Å². The molecular formula is C16H17ClN2O3S. The zero-order valence-electron chi connectivity index (χ0n) is 12.3. The molecule has 0 aliphatic heterocycles. The molecule has 2 rings (SSSR count). The van der Waals surface area contributed by atoms with Crippen molar-refractivity contribution in [2.45, 2.75) is 17.5 Å². The van der Waals surface area contributed by atoms with Crippen molar-refractivity contribution in [1.82, 2.24) is 5.32 Å². The predicted molar refractivity (Wildman–Crippen MR) is 93.0 cm³/mol. The normalized spacial score (nSPS) is 12.1. The maximum atomic E-state index is 10.6. The summed E-state index contributed by atoms with van der Waals surface area (Å²) in [5, 5.41) is 24.4. The molecular weight excluding hydrogens is 336 g/mol. The topological polar surface area (TPSA) is 75.4 Å². The van der Waals surface area contributed by atoms with E-state index >= 15 is 0 Å². The molecule has 0 unspecified atom stereocenters. The molecule has 23 heavy (non-hydrogen) atoms. The zero-order valence-corrected chi connectivity index (χ0v) is 13.9. The first-order valence-corrected chi connectivity index (χ1v) is 8.41. The molecule has 2 aromatic carbocycles. The van der Waals surface area contributed by atoms with E-state index in [2.05, 4.69) is 5.32 Å². The minimum atomic E-state index is -0.498. The fourth-order valence-electron chi connectivity index (χ4n) is 1.90. The van der Waals surface area contributed by atoms with E-state index in [0.717, 1.165) is 10.5 Å². The highest BCUT2D eigenvalue weighted by Gasteiger charge is 2.07. The molecule has 0 fully saturated rings. The molecule has 0 saturated heterocycles. The van der Waals surface area contributed by atoms with Gasteiger partial charge < -0.3 is 10.4 Å². The molecule has 0 heterocycles. The van der Waals surface area contributed by atoms with Gasteiger partial charge in [0, 0.05) is 40.9 Å². The van der Waals surface area contributed by atoms with Crippen molar-refractivity contribution in [1.29, 1.82) is 0 Å². The van der Waals surface area contributed by atoms with E-state index in [1.54, 1.807) is 12.1 Å². The van der Waals surface area contributed by atoms with Gasteiger partial charge in [-0.15, -0.1) is 11.8 Å². The third kappa shape index (κ3) is 6.19. The summed E-state index contributed by atoms with van der Waals surface area (Å²) in [6.07, 6.45) is -0.498. The third-order valence-corrected chi connectivity index (χ3v) is 4.52.